The van der Waals surface area contributed by atoms with E-state index in [9.17, 15) is 9.59 Å². The Morgan fingerprint density at radius 2 is 2.11 bits per heavy atom. The van der Waals surface area contributed by atoms with Crippen LogP contribution in [-0.2, 0) is 11.3 Å². The highest BCUT2D eigenvalue weighted by Gasteiger charge is 2.24. The largest absolute Gasteiger partial charge is 0.467 e. The third-order valence-electron chi connectivity index (χ3n) is 4.41. The van der Waals surface area contributed by atoms with Gasteiger partial charge in [-0.25, -0.2) is 9.78 Å². The van der Waals surface area contributed by atoms with Crippen molar-refractivity contribution in [2.24, 2.45) is 0 Å². The first-order chi connectivity index (χ1) is 13.2. The van der Waals surface area contributed by atoms with Gasteiger partial charge in [0.15, 0.2) is 0 Å². The average Bonchev–Trinajstić information content (AvgIpc) is 3.21. The second kappa shape index (κ2) is 9.07. The summed E-state index contributed by atoms with van der Waals surface area (Å²) in [5.41, 5.74) is 0.506. The zero-order valence-electron chi connectivity index (χ0n) is 15.3. The molecule has 2 aromatic rings. The van der Waals surface area contributed by atoms with Crippen molar-refractivity contribution in [3.8, 4) is 0 Å². The van der Waals surface area contributed by atoms with Crippen molar-refractivity contribution in [3.63, 3.8) is 0 Å². The molecule has 2 N–H and O–H groups in total. The molecule has 8 heteroatoms. The molecule has 0 spiro atoms. The van der Waals surface area contributed by atoms with Gasteiger partial charge >= 0.3 is 6.09 Å². The Morgan fingerprint density at radius 1 is 1.30 bits per heavy atom. The van der Waals surface area contributed by atoms with Crippen molar-refractivity contribution in [2.45, 2.75) is 32.4 Å². The number of amides is 2. The van der Waals surface area contributed by atoms with E-state index in [-0.39, 0.29) is 18.0 Å². The predicted octanol–water partition coefficient (Wildman–Crippen LogP) is 2.64. The number of nitrogens with zero attached hydrogens (tertiary/aromatic N) is 2. The second-order valence-corrected chi connectivity index (χ2v) is 6.30. The standard InChI is InChI=1S/C19H24N4O4/c1-2-26-19(25)23-9-7-15(8-10-23)22-18(24)14-5-6-17(20-12-14)21-13-16-4-3-11-27-16/h3-6,11-12,15H,2,7-10,13H2,1H3,(H,20,21)(H,22,24). The Bertz CT molecular complexity index is 738. The quantitative estimate of drug-likeness (QED) is 0.809. The summed E-state index contributed by atoms with van der Waals surface area (Å²) < 4.78 is 10.3. The van der Waals surface area contributed by atoms with Crippen LogP contribution >= 0.6 is 0 Å². The van der Waals surface area contributed by atoms with E-state index in [1.165, 1.54) is 0 Å². The summed E-state index contributed by atoms with van der Waals surface area (Å²) in [7, 11) is 0. The summed E-state index contributed by atoms with van der Waals surface area (Å²) in [6.45, 7) is 3.85. The Morgan fingerprint density at radius 3 is 2.74 bits per heavy atom. The van der Waals surface area contributed by atoms with Crippen molar-refractivity contribution in [3.05, 3.63) is 48.0 Å². The molecule has 1 saturated heterocycles. The molecule has 1 aliphatic rings. The highest BCUT2D eigenvalue weighted by molar-refractivity contribution is 5.94. The topological polar surface area (TPSA) is 96.7 Å². The highest BCUT2D eigenvalue weighted by atomic mass is 16.6. The van der Waals surface area contributed by atoms with Crippen LogP contribution in [0.15, 0.2) is 41.1 Å². The molecule has 3 rings (SSSR count). The number of anilines is 1. The Labute approximate surface area is 157 Å². The summed E-state index contributed by atoms with van der Waals surface area (Å²) in [6, 6.07) is 7.25. The number of ether oxygens (including phenoxy) is 1. The fourth-order valence-electron chi connectivity index (χ4n) is 2.91. The Hall–Kier alpha value is -3.03. The molecule has 1 aliphatic heterocycles. The van der Waals surface area contributed by atoms with Crippen LogP contribution in [0.5, 0.6) is 0 Å². The molecule has 0 bridgehead atoms. The molecule has 2 amide bonds. The lowest BCUT2D eigenvalue weighted by molar-refractivity contribution is 0.0860. The van der Waals surface area contributed by atoms with E-state index in [4.69, 9.17) is 9.15 Å². The molecule has 144 valence electrons. The van der Waals surface area contributed by atoms with Crippen molar-refractivity contribution in [1.82, 2.24) is 15.2 Å². The maximum absolute atomic E-state index is 12.4. The molecule has 8 nitrogen and oxygen atoms in total. The number of rotatable bonds is 6. The summed E-state index contributed by atoms with van der Waals surface area (Å²) in [5, 5.41) is 6.14. The highest BCUT2D eigenvalue weighted by Crippen LogP contribution is 2.13. The predicted molar refractivity (Wildman–Crippen MR) is 99.4 cm³/mol. The summed E-state index contributed by atoms with van der Waals surface area (Å²) >= 11 is 0. The number of furan rings is 1. The Balaban J connectivity index is 1.45. The third-order valence-corrected chi connectivity index (χ3v) is 4.41. The molecule has 0 aliphatic carbocycles. The van der Waals surface area contributed by atoms with Gasteiger partial charge in [0, 0.05) is 25.3 Å². The van der Waals surface area contributed by atoms with Gasteiger partial charge in [-0.3, -0.25) is 4.79 Å². The SMILES string of the molecule is CCOC(=O)N1CCC(NC(=O)c2ccc(NCc3ccco3)nc2)CC1. The lowest BCUT2D eigenvalue weighted by atomic mass is 10.0. The van der Waals surface area contributed by atoms with Crippen molar-refractivity contribution in [2.75, 3.05) is 25.0 Å². The first-order valence-electron chi connectivity index (χ1n) is 9.10. The minimum Gasteiger partial charge on any atom is -0.467 e. The van der Waals surface area contributed by atoms with Crippen LogP contribution in [0.25, 0.3) is 0 Å². The molecular weight excluding hydrogens is 348 g/mol. The number of pyridine rings is 1. The first kappa shape index (κ1) is 18.8. The van der Waals surface area contributed by atoms with Crippen molar-refractivity contribution >= 4 is 17.8 Å². The summed E-state index contributed by atoms with van der Waals surface area (Å²) in [5.74, 6) is 1.33. The third kappa shape index (κ3) is 5.22. The number of carbonyl (C=O) groups excluding carboxylic acids is 2. The van der Waals surface area contributed by atoms with E-state index in [0.29, 0.717) is 50.5 Å². The van der Waals surface area contributed by atoms with E-state index < -0.39 is 0 Å². The molecule has 0 saturated carbocycles. The van der Waals surface area contributed by atoms with E-state index in [1.54, 1.807) is 36.4 Å². The molecule has 2 aromatic heterocycles. The average molecular weight is 372 g/mol. The number of hydrogen-bond acceptors (Lipinski definition) is 6. The maximum Gasteiger partial charge on any atom is 0.409 e. The molecule has 27 heavy (non-hydrogen) atoms. The fraction of sp³-hybridized carbons (Fsp3) is 0.421. The fourth-order valence-corrected chi connectivity index (χ4v) is 2.91. The van der Waals surface area contributed by atoms with Crippen LogP contribution in [0, 0.1) is 0 Å². The minimum absolute atomic E-state index is 0.0416. The van der Waals surface area contributed by atoms with Gasteiger partial charge < -0.3 is 24.7 Å². The van der Waals surface area contributed by atoms with Gasteiger partial charge in [-0.05, 0) is 44.0 Å². The van der Waals surface area contributed by atoms with Crippen LogP contribution in [0.3, 0.4) is 0 Å². The van der Waals surface area contributed by atoms with Gasteiger partial charge in [-0.2, -0.15) is 0 Å². The number of piperidine rings is 1. The molecule has 0 radical (unpaired) electrons. The maximum atomic E-state index is 12.4. The van der Waals surface area contributed by atoms with Gasteiger partial charge in [0.05, 0.1) is 25.0 Å². The van der Waals surface area contributed by atoms with Gasteiger partial charge in [-0.1, -0.05) is 0 Å². The summed E-state index contributed by atoms with van der Waals surface area (Å²) in [6.07, 6.45) is 4.30. The minimum atomic E-state index is -0.288. The van der Waals surface area contributed by atoms with E-state index >= 15 is 0 Å². The number of carbonyl (C=O) groups is 2. The number of hydrogen-bond donors (Lipinski definition) is 2. The van der Waals surface area contributed by atoms with Crippen LogP contribution < -0.4 is 10.6 Å². The normalized spacial score (nSPS) is 14.6. The lowest BCUT2D eigenvalue weighted by Gasteiger charge is -2.31. The van der Waals surface area contributed by atoms with Crippen LogP contribution in [0.2, 0.25) is 0 Å². The van der Waals surface area contributed by atoms with E-state index in [1.807, 2.05) is 12.1 Å². The van der Waals surface area contributed by atoms with Gasteiger partial charge in [0.1, 0.15) is 11.6 Å². The van der Waals surface area contributed by atoms with Crippen molar-refractivity contribution in [1.29, 1.82) is 0 Å². The van der Waals surface area contributed by atoms with Gasteiger partial charge in [0.25, 0.3) is 5.91 Å². The molecule has 1 fully saturated rings. The number of likely N-dealkylation sites (tertiary alicyclic amines) is 1. The van der Waals surface area contributed by atoms with Crippen LogP contribution in [0.4, 0.5) is 10.6 Å². The first-order valence-corrected chi connectivity index (χ1v) is 9.10. The van der Waals surface area contributed by atoms with E-state index in [0.717, 1.165) is 5.76 Å². The molecule has 3 heterocycles. The van der Waals surface area contributed by atoms with Crippen LogP contribution in [0.1, 0.15) is 35.9 Å². The van der Waals surface area contributed by atoms with Gasteiger partial charge in [-0.15, -0.1) is 0 Å². The van der Waals surface area contributed by atoms with Crippen molar-refractivity contribution < 1.29 is 18.7 Å². The smallest absolute Gasteiger partial charge is 0.409 e. The second-order valence-electron chi connectivity index (χ2n) is 6.30. The molecular formula is C19H24N4O4. The van der Waals surface area contributed by atoms with Crippen LogP contribution in [-0.4, -0.2) is 47.6 Å². The monoisotopic (exact) mass is 372 g/mol. The zero-order valence-corrected chi connectivity index (χ0v) is 15.3. The molecule has 0 aromatic carbocycles. The number of nitrogens with one attached hydrogen (secondary N) is 2. The zero-order chi connectivity index (χ0) is 19.1. The molecule has 0 unspecified atom stereocenters. The number of aromatic nitrogens is 1. The summed E-state index contributed by atoms with van der Waals surface area (Å²) in [4.78, 5) is 30.0. The van der Waals surface area contributed by atoms with Gasteiger partial charge in [0.2, 0.25) is 0 Å². The van der Waals surface area contributed by atoms with E-state index in [2.05, 4.69) is 15.6 Å². The molecule has 0 atom stereocenters. The lowest BCUT2D eigenvalue weighted by Crippen LogP contribution is -2.46. The Kier molecular flexibility index (Phi) is 6.30.